The number of nitrogen functional groups attached to an aromatic ring is 1. The molecule has 2 aromatic carbocycles. The number of anilines is 3. The topological polar surface area (TPSA) is 54.2 Å². The molecule has 0 radical (unpaired) electrons. The number of hydrogen-bond donors (Lipinski definition) is 2. The fourth-order valence-electron chi connectivity index (χ4n) is 2.34. The number of pyridine rings is 1. The fourth-order valence-corrected chi connectivity index (χ4v) is 2.34. The highest BCUT2D eigenvalue weighted by molar-refractivity contribution is 5.63. The number of benzene rings is 2. The first-order chi connectivity index (χ1) is 10.9. The van der Waals surface area contributed by atoms with Crippen LogP contribution in [0.3, 0.4) is 0 Å². The van der Waals surface area contributed by atoms with Gasteiger partial charge in [-0.15, -0.1) is 0 Å². The van der Waals surface area contributed by atoms with Crippen molar-refractivity contribution in [3.8, 4) is 0 Å². The number of hydrogen-bond acceptors (Lipinski definition) is 4. The van der Waals surface area contributed by atoms with Crippen molar-refractivity contribution in [1.82, 2.24) is 4.98 Å². The lowest BCUT2D eigenvalue weighted by molar-refractivity contribution is 0.969. The number of rotatable bonds is 5. The average molecular weight is 290 g/mol. The van der Waals surface area contributed by atoms with Crippen LogP contribution in [0, 0.1) is 0 Å². The van der Waals surface area contributed by atoms with Crippen molar-refractivity contribution in [2.75, 3.05) is 10.3 Å². The van der Waals surface area contributed by atoms with Gasteiger partial charge in [0.15, 0.2) is 0 Å². The first kappa shape index (κ1) is 14.1. The van der Waals surface area contributed by atoms with Crippen molar-refractivity contribution >= 4 is 17.2 Å². The van der Waals surface area contributed by atoms with Crippen LogP contribution in [0.1, 0.15) is 5.56 Å². The minimum Gasteiger partial charge on any atom is -0.336 e. The Morgan fingerprint density at radius 3 is 2.09 bits per heavy atom. The Balaban J connectivity index is 1.95. The number of para-hydroxylation sites is 1. The number of nitrogens with zero attached hydrogens (tertiary/aromatic N) is 2. The number of nitrogens with two attached hydrogens (primary N) is 1. The average Bonchev–Trinajstić information content (AvgIpc) is 2.61. The molecule has 1 heterocycles. The molecule has 0 saturated carbocycles. The summed E-state index contributed by atoms with van der Waals surface area (Å²) in [7, 11) is 0. The summed E-state index contributed by atoms with van der Waals surface area (Å²) in [5.41, 5.74) is 5.94. The van der Waals surface area contributed by atoms with E-state index >= 15 is 0 Å². The summed E-state index contributed by atoms with van der Waals surface area (Å²) < 4.78 is 0. The number of aromatic nitrogens is 1. The van der Waals surface area contributed by atoms with Gasteiger partial charge in [0.2, 0.25) is 0 Å². The second kappa shape index (κ2) is 6.74. The molecule has 110 valence electrons. The van der Waals surface area contributed by atoms with Crippen molar-refractivity contribution in [3.63, 3.8) is 0 Å². The molecule has 3 rings (SSSR count). The molecule has 0 bridgehead atoms. The molecule has 0 aliphatic rings. The lowest BCUT2D eigenvalue weighted by Crippen LogP contribution is -2.17. The molecular weight excluding hydrogens is 272 g/mol. The number of nitrogens with one attached hydrogen (secondary N) is 1. The molecule has 0 saturated heterocycles. The van der Waals surface area contributed by atoms with E-state index in [9.17, 15) is 0 Å². The zero-order chi connectivity index (χ0) is 15.2. The van der Waals surface area contributed by atoms with Crippen LogP contribution < -0.4 is 16.2 Å². The summed E-state index contributed by atoms with van der Waals surface area (Å²) in [4.78, 5) is 6.53. The highest BCUT2D eigenvalue weighted by Crippen LogP contribution is 2.27. The maximum atomic E-state index is 5.38. The smallest absolute Gasteiger partial charge is 0.140 e. The molecule has 4 heteroatoms. The zero-order valence-electron chi connectivity index (χ0n) is 12.2. The molecule has 1 aromatic heterocycles. The molecule has 4 nitrogen and oxygen atoms in total. The van der Waals surface area contributed by atoms with Crippen LogP contribution in [0.2, 0.25) is 0 Å². The summed E-state index contributed by atoms with van der Waals surface area (Å²) in [6.45, 7) is 0.780. The van der Waals surface area contributed by atoms with Gasteiger partial charge in [0, 0.05) is 12.2 Å². The van der Waals surface area contributed by atoms with Gasteiger partial charge in [-0.3, -0.25) is 0 Å². The normalized spacial score (nSPS) is 10.2. The van der Waals surface area contributed by atoms with Crippen molar-refractivity contribution < 1.29 is 0 Å². The molecule has 3 aromatic rings. The van der Waals surface area contributed by atoms with Gasteiger partial charge in [0.05, 0.1) is 11.9 Å². The molecule has 0 atom stereocenters. The van der Waals surface area contributed by atoms with E-state index in [-0.39, 0.29) is 0 Å². The third-order valence-corrected chi connectivity index (χ3v) is 3.46. The maximum absolute atomic E-state index is 5.38. The molecule has 0 fully saturated rings. The van der Waals surface area contributed by atoms with Crippen LogP contribution in [0.4, 0.5) is 17.2 Å². The van der Waals surface area contributed by atoms with E-state index in [1.807, 2.05) is 42.6 Å². The van der Waals surface area contributed by atoms with E-state index in [1.54, 1.807) is 0 Å². The Morgan fingerprint density at radius 1 is 0.818 bits per heavy atom. The lowest BCUT2D eigenvalue weighted by Gasteiger charge is -2.25. The third kappa shape index (κ3) is 3.24. The summed E-state index contributed by atoms with van der Waals surface area (Å²) >= 11 is 0. The first-order valence-electron chi connectivity index (χ1n) is 7.16. The molecule has 0 amide bonds. The van der Waals surface area contributed by atoms with Crippen LogP contribution in [0.5, 0.6) is 0 Å². The standard InChI is InChI=1S/C18H18N4/c19-21-18-12-11-17(13-20-18)22(16-9-5-2-6-10-16)14-15-7-3-1-4-8-15/h1-13H,14,19H2,(H,20,21). The van der Waals surface area contributed by atoms with Gasteiger partial charge in [-0.1, -0.05) is 48.5 Å². The molecule has 0 aliphatic heterocycles. The van der Waals surface area contributed by atoms with E-state index in [0.29, 0.717) is 5.82 Å². The zero-order valence-corrected chi connectivity index (χ0v) is 12.2. The van der Waals surface area contributed by atoms with Gasteiger partial charge in [-0.2, -0.15) is 0 Å². The van der Waals surface area contributed by atoms with E-state index in [2.05, 4.69) is 51.7 Å². The molecule has 0 unspecified atom stereocenters. The van der Waals surface area contributed by atoms with Crippen molar-refractivity contribution in [1.29, 1.82) is 0 Å². The van der Waals surface area contributed by atoms with Crippen molar-refractivity contribution in [2.24, 2.45) is 5.84 Å². The number of hydrazine groups is 1. The van der Waals surface area contributed by atoms with Crippen molar-refractivity contribution in [2.45, 2.75) is 6.54 Å². The van der Waals surface area contributed by atoms with Gasteiger partial charge in [-0.25, -0.2) is 10.8 Å². The Kier molecular flexibility index (Phi) is 4.32. The predicted molar refractivity (Wildman–Crippen MR) is 90.8 cm³/mol. The molecular formula is C18H18N4. The highest BCUT2D eigenvalue weighted by Gasteiger charge is 2.10. The van der Waals surface area contributed by atoms with Crippen molar-refractivity contribution in [3.05, 3.63) is 84.6 Å². The van der Waals surface area contributed by atoms with Crippen LogP contribution >= 0.6 is 0 Å². The van der Waals surface area contributed by atoms with Gasteiger partial charge in [-0.05, 0) is 29.8 Å². The first-order valence-corrected chi connectivity index (χ1v) is 7.16. The van der Waals surface area contributed by atoms with E-state index in [4.69, 9.17) is 5.84 Å². The van der Waals surface area contributed by atoms with Crippen LogP contribution in [0.15, 0.2) is 79.0 Å². The summed E-state index contributed by atoms with van der Waals surface area (Å²) in [6.07, 6.45) is 1.82. The Morgan fingerprint density at radius 2 is 1.50 bits per heavy atom. The minimum absolute atomic E-state index is 0.650. The van der Waals surface area contributed by atoms with Crippen LogP contribution in [0.25, 0.3) is 0 Å². The lowest BCUT2D eigenvalue weighted by atomic mass is 10.2. The fraction of sp³-hybridized carbons (Fsp3) is 0.0556. The summed E-state index contributed by atoms with van der Waals surface area (Å²) in [5, 5.41) is 0. The minimum atomic E-state index is 0.650. The Labute approximate surface area is 130 Å². The summed E-state index contributed by atoms with van der Waals surface area (Å²) in [5.74, 6) is 6.03. The van der Waals surface area contributed by atoms with Gasteiger partial charge in [0.25, 0.3) is 0 Å². The Hall–Kier alpha value is -2.85. The van der Waals surface area contributed by atoms with Gasteiger partial charge >= 0.3 is 0 Å². The largest absolute Gasteiger partial charge is 0.336 e. The van der Waals surface area contributed by atoms with E-state index in [1.165, 1.54) is 5.56 Å². The Bertz CT molecular complexity index is 696. The van der Waals surface area contributed by atoms with E-state index < -0.39 is 0 Å². The van der Waals surface area contributed by atoms with Crippen LogP contribution in [-0.2, 0) is 6.54 Å². The monoisotopic (exact) mass is 290 g/mol. The SMILES string of the molecule is NNc1ccc(N(Cc2ccccc2)c2ccccc2)cn1. The highest BCUT2D eigenvalue weighted by atomic mass is 15.2. The van der Waals surface area contributed by atoms with Crippen LogP contribution in [-0.4, -0.2) is 4.98 Å². The second-order valence-corrected chi connectivity index (χ2v) is 4.95. The van der Waals surface area contributed by atoms with E-state index in [0.717, 1.165) is 17.9 Å². The quantitative estimate of drug-likeness (QED) is 0.555. The second-order valence-electron chi connectivity index (χ2n) is 4.95. The third-order valence-electron chi connectivity index (χ3n) is 3.46. The summed E-state index contributed by atoms with van der Waals surface area (Å²) in [6, 6.07) is 24.6. The maximum Gasteiger partial charge on any atom is 0.140 e. The van der Waals surface area contributed by atoms with Gasteiger partial charge in [0.1, 0.15) is 5.82 Å². The predicted octanol–water partition coefficient (Wildman–Crippen LogP) is 3.71. The van der Waals surface area contributed by atoms with Gasteiger partial charge < -0.3 is 10.3 Å². The molecule has 22 heavy (non-hydrogen) atoms. The molecule has 3 N–H and O–H groups in total. The molecule has 0 aliphatic carbocycles. The molecule has 0 spiro atoms.